The number of carbonyl (C=O) groups excluding carboxylic acids is 3. The summed E-state index contributed by atoms with van der Waals surface area (Å²) in [6.45, 7) is 2.02. The Morgan fingerprint density at radius 2 is 2.08 bits per heavy atom. The number of benzene rings is 1. The van der Waals surface area contributed by atoms with Crippen LogP contribution in [0.1, 0.15) is 17.3 Å². The summed E-state index contributed by atoms with van der Waals surface area (Å²) in [5, 5.41) is 0.840. The molecule has 0 aliphatic carbocycles. The first-order valence-electron chi connectivity index (χ1n) is 7.36. The van der Waals surface area contributed by atoms with Crippen LogP contribution in [0.3, 0.4) is 0 Å². The molecular formula is C16H15Cl2NO5S. The highest BCUT2D eigenvalue weighted by molar-refractivity contribution is 8.04. The van der Waals surface area contributed by atoms with Gasteiger partial charge in [0.2, 0.25) is 5.91 Å². The summed E-state index contributed by atoms with van der Waals surface area (Å²) >= 11 is 13.1. The number of nitrogens with zero attached hydrogens (tertiary/aromatic N) is 1. The second-order valence-corrected chi connectivity index (χ2v) is 6.59. The minimum atomic E-state index is -0.636. The summed E-state index contributed by atoms with van der Waals surface area (Å²) in [6.07, 6.45) is 1.26. The van der Waals surface area contributed by atoms with Gasteiger partial charge < -0.3 is 14.4 Å². The molecule has 0 saturated carbocycles. The molecule has 9 heteroatoms. The Labute approximate surface area is 159 Å². The number of amides is 1. The Morgan fingerprint density at radius 1 is 1.32 bits per heavy atom. The Morgan fingerprint density at radius 3 is 2.80 bits per heavy atom. The lowest BCUT2D eigenvalue weighted by molar-refractivity contribution is -0.137. The normalized spacial score (nSPS) is 15.6. The summed E-state index contributed by atoms with van der Waals surface area (Å²) in [6, 6.07) is 4.65. The summed E-state index contributed by atoms with van der Waals surface area (Å²) in [5.41, 5.74) is 0.151. The second-order valence-electron chi connectivity index (χ2n) is 4.81. The fourth-order valence-electron chi connectivity index (χ4n) is 2.02. The van der Waals surface area contributed by atoms with Crippen molar-refractivity contribution < 1.29 is 23.9 Å². The van der Waals surface area contributed by atoms with Gasteiger partial charge >= 0.3 is 11.9 Å². The minimum absolute atomic E-state index is 0.0475. The second kappa shape index (κ2) is 9.12. The van der Waals surface area contributed by atoms with Crippen LogP contribution in [-0.4, -0.2) is 48.3 Å². The average Bonchev–Trinajstić information content (AvgIpc) is 2.90. The van der Waals surface area contributed by atoms with Gasteiger partial charge in [0, 0.05) is 0 Å². The van der Waals surface area contributed by atoms with Crippen molar-refractivity contribution in [2.24, 2.45) is 0 Å². The van der Waals surface area contributed by atoms with Crippen LogP contribution < -0.4 is 0 Å². The number of ether oxygens (including phenoxy) is 2. The SMILES string of the molecule is CCOC(=O)/C=C1\SCC(=O)N1CCOC(=O)c1cccc(Cl)c1Cl. The van der Waals surface area contributed by atoms with E-state index in [9.17, 15) is 14.4 Å². The molecule has 6 nitrogen and oxygen atoms in total. The fraction of sp³-hybridized carbons (Fsp3) is 0.312. The third kappa shape index (κ3) is 5.14. The molecule has 0 spiro atoms. The minimum Gasteiger partial charge on any atom is -0.463 e. The quantitative estimate of drug-likeness (QED) is 0.536. The van der Waals surface area contributed by atoms with Gasteiger partial charge in [-0.05, 0) is 19.1 Å². The molecule has 1 aromatic rings. The van der Waals surface area contributed by atoms with Crippen molar-refractivity contribution in [1.82, 2.24) is 4.90 Å². The van der Waals surface area contributed by atoms with Crippen LogP contribution in [0.4, 0.5) is 0 Å². The van der Waals surface area contributed by atoms with Crippen LogP contribution in [0.5, 0.6) is 0 Å². The third-order valence-corrected chi connectivity index (χ3v) is 5.00. The summed E-state index contributed by atoms with van der Waals surface area (Å²) < 4.78 is 9.98. The van der Waals surface area contributed by atoms with E-state index in [1.54, 1.807) is 19.1 Å². The Bertz CT molecular complexity index is 722. The maximum Gasteiger partial charge on any atom is 0.339 e. The van der Waals surface area contributed by atoms with Gasteiger partial charge in [0.25, 0.3) is 0 Å². The molecular weight excluding hydrogens is 389 g/mol. The van der Waals surface area contributed by atoms with Crippen molar-refractivity contribution in [3.8, 4) is 0 Å². The van der Waals surface area contributed by atoms with E-state index in [0.717, 1.165) is 0 Å². The Kier molecular flexibility index (Phi) is 7.16. The van der Waals surface area contributed by atoms with Crippen molar-refractivity contribution in [1.29, 1.82) is 0 Å². The van der Waals surface area contributed by atoms with Crippen LogP contribution in [0, 0.1) is 0 Å². The lowest BCUT2D eigenvalue weighted by Gasteiger charge is -2.17. The zero-order valence-corrected chi connectivity index (χ0v) is 15.6. The van der Waals surface area contributed by atoms with Crippen LogP contribution in [0.15, 0.2) is 29.3 Å². The number of hydrogen-bond acceptors (Lipinski definition) is 6. The van der Waals surface area contributed by atoms with Crippen LogP contribution >= 0.6 is 35.0 Å². The number of thioether (sulfide) groups is 1. The Balaban J connectivity index is 1.95. The number of halogens is 2. The molecule has 1 heterocycles. The lowest BCUT2D eigenvalue weighted by Crippen LogP contribution is -2.29. The summed E-state index contributed by atoms with van der Waals surface area (Å²) in [4.78, 5) is 36.9. The van der Waals surface area contributed by atoms with E-state index >= 15 is 0 Å². The van der Waals surface area contributed by atoms with Gasteiger partial charge in [0.15, 0.2) is 0 Å². The van der Waals surface area contributed by atoms with Gasteiger partial charge in [-0.1, -0.05) is 41.0 Å². The standard InChI is InChI=1S/C16H15Cl2NO5S/c1-2-23-14(21)8-13-19(12(20)9-25-13)6-7-24-16(22)10-4-3-5-11(17)15(10)18/h3-5,8H,2,6-7,9H2,1H3/b13-8-. The van der Waals surface area contributed by atoms with Crippen molar-refractivity contribution in [2.45, 2.75) is 6.92 Å². The first kappa shape index (κ1) is 19.6. The molecule has 1 saturated heterocycles. The largest absolute Gasteiger partial charge is 0.463 e. The molecule has 0 unspecified atom stereocenters. The van der Waals surface area contributed by atoms with Crippen molar-refractivity contribution >= 4 is 52.8 Å². The molecule has 0 bridgehead atoms. The van der Waals surface area contributed by atoms with Crippen molar-refractivity contribution in [2.75, 3.05) is 25.5 Å². The van der Waals surface area contributed by atoms with Crippen molar-refractivity contribution in [3.05, 3.63) is 44.9 Å². The number of rotatable bonds is 6. The van der Waals surface area contributed by atoms with Crippen LogP contribution in [0.2, 0.25) is 10.0 Å². The van der Waals surface area contributed by atoms with E-state index in [-0.39, 0.29) is 47.0 Å². The van der Waals surface area contributed by atoms with E-state index in [1.807, 2.05) is 0 Å². The summed E-state index contributed by atoms with van der Waals surface area (Å²) in [7, 11) is 0. The first-order valence-corrected chi connectivity index (χ1v) is 9.11. The zero-order valence-electron chi connectivity index (χ0n) is 13.3. The van der Waals surface area contributed by atoms with Gasteiger partial charge in [-0.15, -0.1) is 0 Å². The molecule has 134 valence electrons. The molecule has 2 rings (SSSR count). The van der Waals surface area contributed by atoms with Gasteiger partial charge in [-0.2, -0.15) is 0 Å². The summed E-state index contributed by atoms with van der Waals surface area (Å²) in [5.74, 6) is -1.10. The highest BCUT2D eigenvalue weighted by atomic mass is 35.5. The molecule has 25 heavy (non-hydrogen) atoms. The molecule has 1 aliphatic heterocycles. The highest BCUT2D eigenvalue weighted by Crippen LogP contribution is 2.29. The van der Waals surface area contributed by atoms with Crippen LogP contribution in [0.25, 0.3) is 0 Å². The van der Waals surface area contributed by atoms with E-state index in [0.29, 0.717) is 5.03 Å². The number of hydrogen-bond donors (Lipinski definition) is 0. The monoisotopic (exact) mass is 403 g/mol. The molecule has 0 aromatic heterocycles. The van der Waals surface area contributed by atoms with Gasteiger partial charge in [-0.3, -0.25) is 4.79 Å². The Hall–Kier alpha value is -1.70. The third-order valence-electron chi connectivity index (χ3n) is 3.16. The number of carbonyl (C=O) groups is 3. The predicted molar refractivity (Wildman–Crippen MR) is 95.6 cm³/mol. The van der Waals surface area contributed by atoms with Gasteiger partial charge in [0.1, 0.15) is 6.61 Å². The molecule has 1 aliphatic rings. The number of esters is 2. The zero-order chi connectivity index (χ0) is 18.4. The van der Waals surface area contributed by atoms with Gasteiger partial charge in [-0.25, -0.2) is 9.59 Å². The predicted octanol–water partition coefficient (Wildman–Crippen LogP) is 3.13. The van der Waals surface area contributed by atoms with Crippen LogP contribution in [-0.2, 0) is 19.1 Å². The highest BCUT2D eigenvalue weighted by Gasteiger charge is 2.27. The maximum absolute atomic E-state index is 12.1. The molecule has 0 radical (unpaired) electrons. The molecule has 0 atom stereocenters. The van der Waals surface area contributed by atoms with E-state index in [4.69, 9.17) is 32.7 Å². The molecule has 1 amide bonds. The molecule has 1 fully saturated rings. The van der Waals surface area contributed by atoms with Gasteiger partial charge in [0.05, 0.1) is 45.6 Å². The fourth-order valence-corrected chi connectivity index (χ4v) is 3.36. The lowest BCUT2D eigenvalue weighted by atomic mass is 10.2. The van der Waals surface area contributed by atoms with Crippen molar-refractivity contribution in [3.63, 3.8) is 0 Å². The van der Waals surface area contributed by atoms with E-state index in [2.05, 4.69) is 0 Å². The molecule has 0 N–H and O–H groups in total. The average molecular weight is 404 g/mol. The smallest absolute Gasteiger partial charge is 0.339 e. The van der Waals surface area contributed by atoms with E-state index in [1.165, 1.54) is 28.8 Å². The maximum atomic E-state index is 12.1. The molecule has 1 aromatic carbocycles. The van der Waals surface area contributed by atoms with E-state index < -0.39 is 11.9 Å². The first-order chi connectivity index (χ1) is 11.9. The topological polar surface area (TPSA) is 72.9 Å².